The Bertz CT molecular complexity index is 673. The Labute approximate surface area is 120 Å². The zero-order chi connectivity index (χ0) is 13.2. The van der Waals surface area contributed by atoms with Crippen molar-refractivity contribution in [3.8, 4) is 0 Å². The van der Waals surface area contributed by atoms with Gasteiger partial charge in [-0.1, -0.05) is 6.07 Å². The first-order chi connectivity index (χ1) is 9.24. The summed E-state index contributed by atoms with van der Waals surface area (Å²) in [4.78, 5) is 5.70. The molecule has 98 valence electrons. The summed E-state index contributed by atoms with van der Waals surface area (Å²) >= 11 is 3.40. The van der Waals surface area contributed by atoms with Gasteiger partial charge in [-0.05, 0) is 30.5 Å². The molecule has 3 rings (SSSR count). The lowest BCUT2D eigenvalue weighted by Crippen LogP contribution is -2.18. The molecule has 3 N–H and O–H groups in total. The molecule has 0 saturated heterocycles. The van der Waals surface area contributed by atoms with Crippen molar-refractivity contribution in [1.82, 2.24) is 4.98 Å². The zero-order valence-electron chi connectivity index (χ0n) is 10.6. The van der Waals surface area contributed by atoms with Crippen molar-refractivity contribution in [1.29, 1.82) is 0 Å². The Morgan fingerprint density at radius 2 is 2.21 bits per heavy atom. The van der Waals surface area contributed by atoms with Crippen LogP contribution in [-0.2, 0) is 6.42 Å². The maximum Gasteiger partial charge on any atom is 0.106 e. The van der Waals surface area contributed by atoms with Crippen LogP contribution in [0.15, 0.2) is 35.2 Å². The maximum absolute atomic E-state index is 6.17. The first kappa shape index (κ1) is 12.4. The summed E-state index contributed by atoms with van der Waals surface area (Å²) < 4.78 is 1.13. The molecule has 1 atom stereocenters. The maximum atomic E-state index is 6.17. The fraction of sp³-hybridized carbons (Fsp3) is 0.214. The molecule has 2 heterocycles. The van der Waals surface area contributed by atoms with Crippen LogP contribution in [0.1, 0.15) is 11.8 Å². The molecular weight excluding hydrogens is 274 g/mol. The van der Waals surface area contributed by atoms with Crippen LogP contribution in [-0.4, -0.2) is 11.0 Å². The molecule has 0 fully saturated rings. The number of hydrogen-bond acceptors (Lipinski definition) is 5. The van der Waals surface area contributed by atoms with E-state index in [0.717, 1.165) is 28.0 Å². The van der Waals surface area contributed by atoms with Crippen molar-refractivity contribution in [2.24, 2.45) is 0 Å². The molecule has 0 aliphatic rings. The number of thiophene rings is 1. The normalized spacial score (nSPS) is 12.7. The molecule has 1 unspecified atom stereocenters. The molecule has 19 heavy (non-hydrogen) atoms. The minimum absolute atomic E-state index is 0.344. The number of rotatable bonds is 4. The van der Waals surface area contributed by atoms with Crippen LogP contribution in [0.2, 0.25) is 0 Å². The summed E-state index contributed by atoms with van der Waals surface area (Å²) in [5.41, 5.74) is 10.6. The number of aromatic nitrogens is 1. The molecule has 0 amide bonds. The van der Waals surface area contributed by atoms with E-state index in [-0.39, 0.29) is 0 Å². The Balaban J connectivity index is 1.79. The molecule has 1 aromatic carbocycles. The smallest absolute Gasteiger partial charge is 0.106 e. The highest BCUT2D eigenvalue weighted by molar-refractivity contribution is 7.16. The van der Waals surface area contributed by atoms with E-state index in [9.17, 15) is 0 Å². The average molecular weight is 289 g/mol. The fourth-order valence-corrected chi connectivity index (χ4v) is 3.65. The van der Waals surface area contributed by atoms with Gasteiger partial charge in [0.15, 0.2) is 0 Å². The van der Waals surface area contributed by atoms with Gasteiger partial charge in [-0.3, -0.25) is 0 Å². The minimum atomic E-state index is 0.344. The zero-order valence-corrected chi connectivity index (χ0v) is 12.2. The van der Waals surface area contributed by atoms with Gasteiger partial charge in [0.05, 0.1) is 21.6 Å². The van der Waals surface area contributed by atoms with E-state index >= 15 is 0 Å². The Morgan fingerprint density at radius 1 is 1.32 bits per heavy atom. The van der Waals surface area contributed by atoms with Crippen LogP contribution in [0, 0.1) is 0 Å². The summed E-state index contributed by atoms with van der Waals surface area (Å²) in [6, 6.07) is 8.71. The van der Waals surface area contributed by atoms with Gasteiger partial charge < -0.3 is 11.1 Å². The van der Waals surface area contributed by atoms with Gasteiger partial charge >= 0.3 is 0 Å². The molecule has 0 spiro atoms. The lowest BCUT2D eigenvalue weighted by molar-refractivity contribution is 0.801. The average Bonchev–Trinajstić information content (AvgIpc) is 3.03. The quantitative estimate of drug-likeness (QED) is 0.714. The molecule has 2 aromatic heterocycles. The number of fused-ring (bicyclic) bond motifs is 1. The monoisotopic (exact) mass is 289 g/mol. The number of nitrogens with two attached hydrogens (primary N) is 1. The van der Waals surface area contributed by atoms with Crippen molar-refractivity contribution < 1.29 is 0 Å². The van der Waals surface area contributed by atoms with E-state index in [2.05, 4.69) is 40.8 Å². The van der Waals surface area contributed by atoms with Gasteiger partial charge in [0.1, 0.15) is 5.52 Å². The summed E-state index contributed by atoms with van der Waals surface area (Å²) in [5.74, 6) is 0. The Hall–Kier alpha value is -1.59. The molecule has 0 saturated carbocycles. The number of nitrogens with zero attached hydrogens (tertiary/aromatic N) is 1. The molecule has 0 radical (unpaired) electrons. The SMILES string of the molecule is CC(Cc1cccs1)Nc1ccc2scnc2c1N. The van der Waals surface area contributed by atoms with E-state index in [0.29, 0.717) is 6.04 Å². The van der Waals surface area contributed by atoms with E-state index in [4.69, 9.17) is 5.73 Å². The molecule has 0 aliphatic carbocycles. The van der Waals surface area contributed by atoms with Crippen molar-refractivity contribution in [3.63, 3.8) is 0 Å². The summed E-state index contributed by atoms with van der Waals surface area (Å²) in [6.45, 7) is 2.17. The van der Waals surface area contributed by atoms with Crippen molar-refractivity contribution in [2.45, 2.75) is 19.4 Å². The first-order valence-electron chi connectivity index (χ1n) is 6.14. The lowest BCUT2D eigenvalue weighted by atomic mass is 10.1. The fourth-order valence-electron chi connectivity index (χ4n) is 2.12. The van der Waals surface area contributed by atoms with E-state index in [1.54, 1.807) is 22.7 Å². The first-order valence-corrected chi connectivity index (χ1v) is 7.90. The number of anilines is 2. The molecule has 5 heteroatoms. The second-order valence-corrected chi connectivity index (χ2v) is 6.47. The third-order valence-corrected chi connectivity index (χ3v) is 4.72. The van der Waals surface area contributed by atoms with Gasteiger partial charge in [0, 0.05) is 17.3 Å². The van der Waals surface area contributed by atoms with E-state index < -0.39 is 0 Å². The summed E-state index contributed by atoms with van der Waals surface area (Å²) in [5, 5.41) is 5.59. The molecule has 0 aliphatic heterocycles. The summed E-state index contributed by atoms with van der Waals surface area (Å²) in [7, 11) is 0. The molecule has 3 aromatic rings. The highest BCUT2D eigenvalue weighted by Gasteiger charge is 2.10. The van der Waals surface area contributed by atoms with Gasteiger partial charge in [-0.2, -0.15) is 0 Å². The number of hydrogen-bond donors (Lipinski definition) is 2. The number of nitrogens with one attached hydrogen (secondary N) is 1. The summed E-state index contributed by atoms with van der Waals surface area (Å²) in [6.07, 6.45) is 1.01. The van der Waals surface area contributed by atoms with Crippen molar-refractivity contribution in [2.75, 3.05) is 11.1 Å². The number of benzene rings is 1. The highest BCUT2D eigenvalue weighted by Crippen LogP contribution is 2.30. The molecule has 0 bridgehead atoms. The van der Waals surface area contributed by atoms with Crippen molar-refractivity contribution in [3.05, 3.63) is 40.0 Å². The van der Waals surface area contributed by atoms with Gasteiger partial charge in [0.2, 0.25) is 0 Å². The molecule has 3 nitrogen and oxygen atoms in total. The second kappa shape index (κ2) is 5.19. The van der Waals surface area contributed by atoms with Crippen LogP contribution in [0.25, 0.3) is 10.2 Å². The standard InChI is InChI=1S/C14H15N3S2/c1-9(7-10-3-2-6-18-10)17-11-4-5-12-14(13(11)15)16-8-19-12/h2-6,8-9,17H,7,15H2,1H3. The Kier molecular flexibility index (Phi) is 3.40. The van der Waals surface area contributed by atoms with Gasteiger partial charge in [-0.25, -0.2) is 4.98 Å². The minimum Gasteiger partial charge on any atom is -0.395 e. The van der Waals surface area contributed by atoms with Crippen LogP contribution in [0.4, 0.5) is 11.4 Å². The predicted octanol–water partition coefficient (Wildman–Crippen LogP) is 3.98. The third kappa shape index (κ3) is 2.57. The third-order valence-electron chi connectivity index (χ3n) is 3.03. The van der Waals surface area contributed by atoms with Crippen molar-refractivity contribution >= 4 is 44.3 Å². The van der Waals surface area contributed by atoms with Crippen LogP contribution in [0.5, 0.6) is 0 Å². The second-order valence-electron chi connectivity index (χ2n) is 4.55. The van der Waals surface area contributed by atoms with Gasteiger partial charge in [0.25, 0.3) is 0 Å². The van der Waals surface area contributed by atoms with Crippen LogP contribution >= 0.6 is 22.7 Å². The van der Waals surface area contributed by atoms with E-state index in [1.165, 1.54) is 4.88 Å². The number of thiazole rings is 1. The predicted molar refractivity (Wildman–Crippen MR) is 85.1 cm³/mol. The van der Waals surface area contributed by atoms with E-state index in [1.807, 2.05) is 11.6 Å². The largest absolute Gasteiger partial charge is 0.395 e. The van der Waals surface area contributed by atoms with Crippen LogP contribution < -0.4 is 11.1 Å². The molecular formula is C14H15N3S2. The van der Waals surface area contributed by atoms with Crippen LogP contribution in [0.3, 0.4) is 0 Å². The highest BCUT2D eigenvalue weighted by atomic mass is 32.1. The topological polar surface area (TPSA) is 50.9 Å². The van der Waals surface area contributed by atoms with Gasteiger partial charge in [-0.15, -0.1) is 22.7 Å². The lowest BCUT2D eigenvalue weighted by Gasteiger charge is -2.16. The number of nitrogen functional groups attached to an aromatic ring is 1. The Morgan fingerprint density at radius 3 is 3.00 bits per heavy atom.